The number of aryl methyl sites for hydroxylation is 1. The van der Waals surface area contributed by atoms with E-state index in [1.165, 1.54) is 0 Å². The van der Waals surface area contributed by atoms with E-state index in [0.717, 1.165) is 42.1 Å². The van der Waals surface area contributed by atoms with Gasteiger partial charge in [0.25, 0.3) is 5.91 Å². The number of aromatic nitrogens is 2. The normalized spacial score (nSPS) is 16.5. The van der Waals surface area contributed by atoms with E-state index in [1.807, 2.05) is 61.5 Å². The van der Waals surface area contributed by atoms with E-state index in [2.05, 4.69) is 20.4 Å². The van der Waals surface area contributed by atoms with Crippen LogP contribution in [-0.2, 0) is 0 Å². The Hall–Kier alpha value is -2.79. The molecule has 0 spiro atoms. The van der Waals surface area contributed by atoms with Crippen molar-refractivity contribution in [3.63, 3.8) is 0 Å². The van der Waals surface area contributed by atoms with Crippen LogP contribution in [0, 0.1) is 6.92 Å². The van der Waals surface area contributed by atoms with Gasteiger partial charge in [0.15, 0.2) is 5.82 Å². The number of halogens is 1. The van der Waals surface area contributed by atoms with Crippen LogP contribution in [0.3, 0.4) is 0 Å². The number of hydrogen-bond donors (Lipinski definition) is 2. The largest absolute Gasteiger partial charge is 0.353 e. The van der Waals surface area contributed by atoms with Crippen molar-refractivity contribution in [3.8, 4) is 11.3 Å². The lowest BCUT2D eigenvalue weighted by molar-refractivity contribution is 0.0940. The molecular formula is C21H21ClN4O. The number of aromatic amines is 1. The molecule has 0 aliphatic carbocycles. The number of rotatable bonds is 4. The van der Waals surface area contributed by atoms with Gasteiger partial charge in [0.1, 0.15) is 0 Å². The zero-order chi connectivity index (χ0) is 18.8. The summed E-state index contributed by atoms with van der Waals surface area (Å²) in [5.74, 6) is 0.873. The van der Waals surface area contributed by atoms with Gasteiger partial charge < -0.3 is 10.2 Å². The Morgan fingerprint density at radius 2 is 1.93 bits per heavy atom. The van der Waals surface area contributed by atoms with Gasteiger partial charge in [0.05, 0.1) is 5.69 Å². The summed E-state index contributed by atoms with van der Waals surface area (Å²) in [7, 11) is 0. The number of carbonyl (C=O) groups excluding carboxylic acids is 1. The highest BCUT2D eigenvalue weighted by Crippen LogP contribution is 2.25. The van der Waals surface area contributed by atoms with E-state index in [-0.39, 0.29) is 11.9 Å². The molecule has 1 aliphatic rings. The Bertz CT molecular complexity index is 934. The summed E-state index contributed by atoms with van der Waals surface area (Å²) in [5.41, 5.74) is 3.84. The van der Waals surface area contributed by atoms with Gasteiger partial charge in [-0.1, -0.05) is 41.4 Å². The second-order valence-electron chi connectivity index (χ2n) is 6.92. The lowest BCUT2D eigenvalue weighted by Crippen LogP contribution is -2.37. The Kier molecular flexibility index (Phi) is 4.86. The fourth-order valence-electron chi connectivity index (χ4n) is 3.31. The highest BCUT2D eigenvalue weighted by molar-refractivity contribution is 6.30. The number of nitrogens with one attached hydrogen (secondary N) is 2. The maximum atomic E-state index is 12.4. The quantitative estimate of drug-likeness (QED) is 0.717. The first-order valence-corrected chi connectivity index (χ1v) is 9.40. The third kappa shape index (κ3) is 3.98. The predicted octanol–water partition coefficient (Wildman–Crippen LogP) is 4.05. The number of benzene rings is 2. The molecule has 2 aromatic carbocycles. The Labute approximate surface area is 163 Å². The summed E-state index contributed by atoms with van der Waals surface area (Å²) in [5, 5.41) is 11.4. The van der Waals surface area contributed by atoms with Crippen LogP contribution in [-0.4, -0.2) is 35.2 Å². The molecule has 5 nitrogen and oxygen atoms in total. The standard InChI is InChI=1S/C21H21ClN4O/c1-14-2-4-16(5-3-14)21(27)23-18-10-11-26(13-18)20-12-19(24-25-20)15-6-8-17(22)9-7-15/h2-9,12,18H,10-11,13H2,1H3,(H,23,27)(H,24,25)/t18-/m0/s1. The van der Waals surface area contributed by atoms with E-state index >= 15 is 0 Å². The van der Waals surface area contributed by atoms with E-state index in [9.17, 15) is 4.79 Å². The minimum Gasteiger partial charge on any atom is -0.353 e. The highest BCUT2D eigenvalue weighted by Gasteiger charge is 2.26. The van der Waals surface area contributed by atoms with Crippen LogP contribution in [0.25, 0.3) is 11.3 Å². The smallest absolute Gasteiger partial charge is 0.251 e. The molecule has 2 heterocycles. The predicted molar refractivity (Wildman–Crippen MR) is 108 cm³/mol. The molecule has 1 amide bonds. The highest BCUT2D eigenvalue weighted by atomic mass is 35.5. The molecule has 27 heavy (non-hydrogen) atoms. The van der Waals surface area contributed by atoms with Gasteiger partial charge in [-0.15, -0.1) is 0 Å². The summed E-state index contributed by atoms with van der Waals surface area (Å²) < 4.78 is 0. The topological polar surface area (TPSA) is 61.0 Å². The van der Waals surface area contributed by atoms with Crippen molar-refractivity contribution in [1.82, 2.24) is 15.5 Å². The molecular weight excluding hydrogens is 360 g/mol. The summed E-state index contributed by atoms with van der Waals surface area (Å²) in [4.78, 5) is 14.6. The van der Waals surface area contributed by atoms with Crippen LogP contribution in [0.15, 0.2) is 54.6 Å². The monoisotopic (exact) mass is 380 g/mol. The van der Waals surface area contributed by atoms with Crippen molar-refractivity contribution in [2.45, 2.75) is 19.4 Å². The van der Waals surface area contributed by atoms with E-state index in [0.29, 0.717) is 10.6 Å². The SMILES string of the molecule is Cc1ccc(C(=O)N[C@H]2CCN(c3cc(-c4ccc(Cl)cc4)[nH]n3)C2)cc1. The van der Waals surface area contributed by atoms with E-state index in [1.54, 1.807) is 0 Å². The average molecular weight is 381 g/mol. The third-order valence-electron chi connectivity index (χ3n) is 4.88. The van der Waals surface area contributed by atoms with Gasteiger partial charge in [-0.05, 0) is 43.2 Å². The van der Waals surface area contributed by atoms with Gasteiger partial charge in [0.2, 0.25) is 0 Å². The molecule has 1 saturated heterocycles. The van der Waals surface area contributed by atoms with E-state index in [4.69, 9.17) is 11.6 Å². The molecule has 0 unspecified atom stereocenters. The number of carbonyl (C=O) groups is 1. The molecule has 1 fully saturated rings. The molecule has 3 aromatic rings. The molecule has 4 rings (SSSR count). The van der Waals surface area contributed by atoms with Crippen molar-refractivity contribution in [2.24, 2.45) is 0 Å². The molecule has 6 heteroatoms. The molecule has 1 atom stereocenters. The number of anilines is 1. The minimum absolute atomic E-state index is 0.0225. The Morgan fingerprint density at radius 1 is 1.19 bits per heavy atom. The molecule has 138 valence electrons. The van der Waals surface area contributed by atoms with Crippen molar-refractivity contribution in [3.05, 3.63) is 70.7 Å². The van der Waals surface area contributed by atoms with Crippen LogP contribution in [0.1, 0.15) is 22.3 Å². The van der Waals surface area contributed by atoms with Gasteiger partial charge >= 0.3 is 0 Å². The summed E-state index contributed by atoms with van der Waals surface area (Å²) in [6.07, 6.45) is 0.904. The number of nitrogens with zero attached hydrogens (tertiary/aromatic N) is 2. The zero-order valence-electron chi connectivity index (χ0n) is 15.1. The van der Waals surface area contributed by atoms with Gasteiger partial charge in [-0.3, -0.25) is 9.89 Å². The molecule has 0 bridgehead atoms. The van der Waals surface area contributed by atoms with Gasteiger partial charge in [-0.2, -0.15) is 5.10 Å². The van der Waals surface area contributed by atoms with Crippen LogP contribution in [0.4, 0.5) is 5.82 Å². The van der Waals surface area contributed by atoms with Crippen molar-refractivity contribution >= 4 is 23.3 Å². The summed E-state index contributed by atoms with van der Waals surface area (Å²) in [6.45, 7) is 3.63. The maximum Gasteiger partial charge on any atom is 0.251 e. The number of hydrogen-bond acceptors (Lipinski definition) is 3. The first-order valence-electron chi connectivity index (χ1n) is 9.02. The second-order valence-corrected chi connectivity index (χ2v) is 7.35. The first kappa shape index (κ1) is 17.6. The lowest BCUT2D eigenvalue weighted by atomic mass is 10.1. The average Bonchev–Trinajstić information content (AvgIpc) is 3.32. The Morgan fingerprint density at radius 3 is 2.67 bits per heavy atom. The minimum atomic E-state index is -0.0225. The fraction of sp³-hybridized carbons (Fsp3) is 0.238. The number of H-pyrrole nitrogens is 1. The molecule has 0 saturated carbocycles. The number of amides is 1. The van der Waals surface area contributed by atoms with Crippen LogP contribution < -0.4 is 10.2 Å². The summed E-state index contributed by atoms with van der Waals surface area (Å²) >= 11 is 5.95. The first-order chi connectivity index (χ1) is 13.1. The van der Waals surface area contributed by atoms with Crippen molar-refractivity contribution < 1.29 is 4.79 Å². The van der Waals surface area contributed by atoms with Crippen molar-refractivity contribution in [1.29, 1.82) is 0 Å². The van der Waals surface area contributed by atoms with Gasteiger partial charge in [0, 0.05) is 35.8 Å². The zero-order valence-corrected chi connectivity index (χ0v) is 15.8. The molecule has 1 aliphatic heterocycles. The van der Waals surface area contributed by atoms with Crippen LogP contribution in [0.2, 0.25) is 5.02 Å². The molecule has 1 aromatic heterocycles. The maximum absolute atomic E-state index is 12.4. The molecule has 2 N–H and O–H groups in total. The lowest BCUT2D eigenvalue weighted by Gasteiger charge is -2.16. The van der Waals surface area contributed by atoms with Crippen LogP contribution in [0.5, 0.6) is 0 Å². The second kappa shape index (κ2) is 7.45. The third-order valence-corrected chi connectivity index (χ3v) is 5.13. The van der Waals surface area contributed by atoms with Crippen molar-refractivity contribution in [2.75, 3.05) is 18.0 Å². The summed E-state index contributed by atoms with van der Waals surface area (Å²) in [6, 6.07) is 17.5. The van der Waals surface area contributed by atoms with E-state index < -0.39 is 0 Å². The molecule has 0 radical (unpaired) electrons. The van der Waals surface area contributed by atoms with Crippen LogP contribution >= 0.6 is 11.6 Å². The Balaban J connectivity index is 1.39. The fourth-order valence-corrected chi connectivity index (χ4v) is 3.44. The van der Waals surface area contributed by atoms with Gasteiger partial charge in [-0.25, -0.2) is 0 Å².